The van der Waals surface area contributed by atoms with E-state index < -0.39 is 0 Å². The highest BCUT2D eigenvalue weighted by Gasteiger charge is 2.27. The second kappa shape index (κ2) is 4.07. The van der Waals surface area contributed by atoms with Gasteiger partial charge in [0.1, 0.15) is 0 Å². The van der Waals surface area contributed by atoms with Crippen LogP contribution < -0.4 is 0 Å². The molecule has 0 amide bonds. The highest BCUT2D eigenvalue weighted by atomic mass is 16.3. The van der Waals surface area contributed by atoms with Gasteiger partial charge in [-0.3, -0.25) is 5.11 Å². The van der Waals surface area contributed by atoms with Gasteiger partial charge in [-0.1, -0.05) is 41.5 Å². The molecule has 0 aliphatic carbocycles. The van der Waals surface area contributed by atoms with Crippen LogP contribution in [0.3, 0.4) is 0 Å². The van der Waals surface area contributed by atoms with E-state index in [9.17, 15) is 5.11 Å². The number of hydrogen-bond acceptors (Lipinski definition) is 1. The second-order valence-electron chi connectivity index (χ2n) is 6.51. The minimum Gasteiger partial charge on any atom is -0.289 e. The topological polar surface area (TPSA) is 43.7 Å². The predicted octanol–water partition coefficient (Wildman–Crippen LogP) is 4.30. The Morgan fingerprint density at radius 2 is 1.29 bits per heavy atom. The molecule has 0 spiro atoms. The lowest BCUT2D eigenvalue weighted by Crippen LogP contribution is -2.17. The Labute approximate surface area is 104 Å². The largest absolute Gasteiger partial charge is 0.289 e. The van der Waals surface area contributed by atoms with Crippen molar-refractivity contribution in [2.75, 3.05) is 0 Å². The Kier molecular flexibility index (Phi) is 3.25. The number of nitrogens with zero attached hydrogens (tertiary/aromatic N) is 1. The van der Waals surface area contributed by atoms with Crippen LogP contribution in [0.5, 0.6) is 5.75 Å². The molecule has 0 unspecified atom stereocenters. The first kappa shape index (κ1) is 13.6. The van der Waals surface area contributed by atoms with Gasteiger partial charge < -0.3 is 0 Å². The lowest BCUT2D eigenvalue weighted by molar-refractivity contribution is 0.327. The van der Waals surface area contributed by atoms with Crippen LogP contribution in [-0.2, 0) is 15.9 Å². The van der Waals surface area contributed by atoms with E-state index >= 15 is 0 Å². The molecule has 0 atom stereocenters. The van der Waals surface area contributed by atoms with E-state index in [1.807, 2.05) is 41.5 Å². The highest BCUT2D eigenvalue weighted by Crippen LogP contribution is 2.39. The molecular formula is C15H20NO. The van der Waals surface area contributed by atoms with Crippen LogP contribution in [0.25, 0.3) is 0 Å². The summed E-state index contributed by atoms with van der Waals surface area (Å²) in [5.74, 6) is 0.0731. The first-order valence-corrected chi connectivity index (χ1v) is 5.83. The van der Waals surface area contributed by atoms with Gasteiger partial charge in [0, 0.05) is 11.1 Å². The number of benzene rings is 1. The van der Waals surface area contributed by atoms with Crippen LogP contribution >= 0.6 is 0 Å². The Morgan fingerprint density at radius 1 is 0.941 bits per heavy atom. The molecule has 0 aromatic heterocycles. The lowest BCUT2D eigenvalue weighted by atomic mass is 9.78. The molecule has 1 aromatic rings. The van der Waals surface area contributed by atoms with Gasteiger partial charge >= 0.3 is 0 Å². The fourth-order valence-corrected chi connectivity index (χ4v) is 1.81. The summed E-state index contributed by atoms with van der Waals surface area (Å²) in [7, 11) is 0. The molecule has 0 aliphatic rings. The average Bonchev–Trinajstić information content (AvgIpc) is 2.14. The summed E-state index contributed by atoms with van der Waals surface area (Å²) in [5.41, 5.74) is 1.55. The minimum absolute atomic E-state index is 0.0731. The van der Waals surface area contributed by atoms with Crippen LogP contribution in [0.15, 0.2) is 12.1 Å². The van der Waals surface area contributed by atoms with Gasteiger partial charge in [-0.25, -0.2) is 0 Å². The van der Waals surface area contributed by atoms with Crippen LogP contribution in [0.2, 0.25) is 0 Å². The van der Waals surface area contributed by atoms with Gasteiger partial charge in [0.2, 0.25) is 0 Å². The predicted molar refractivity (Wildman–Crippen MR) is 68.7 cm³/mol. The van der Waals surface area contributed by atoms with Crippen molar-refractivity contribution < 1.29 is 5.11 Å². The summed E-state index contributed by atoms with van der Waals surface area (Å²) < 4.78 is 0. The van der Waals surface area contributed by atoms with Crippen LogP contribution in [0.4, 0.5) is 0 Å². The third kappa shape index (κ3) is 2.79. The second-order valence-corrected chi connectivity index (χ2v) is 6.51. The molecule has 2 nitrogen and oxygen atoms in total. The molecule has 2 heteroatoms. The smallest absolute Gasteiger partial charge is 0.186 e. The Balaban J connectivity index is 3.61. The molecule has 1 radical (unpaired) electrons. The third-order valence-corrected chi connectivity index (χ3v) is 2.83. The standard InChI is InChI=1S/C15H20NO/c1-14(2,3)11-7-10(9-16)8-12(13(11)17)15(4,5)6/h7-8H,1-6H3. The van der Waals surface area contributed by atoms with E-state index in [-0.39, 0.29) is 16.6 Å². The Bertz CT molecular complexity index is 432. The third-order valence-electron chi connectivity index (χ3n) is 2.83. The van der Waals surface area contributed by atoms with Crippen molar-refractivity contribution in [2.24, 2.45) is 0 Å². The van der Waals surface area contributed by atoms with Crippen molar-refractivity contribution >= 4 is 0 Å². The van der Waals surface area contributed by atoms with Gasteiger partial charge in [0.15, 0.2) is 5.75 Å². The Morgan fingerprint density at radius 3 is 1.53 bits per heavy atom. The maximum absolute atomic E-state index is 12.4. The van der Waals surface area contributed by atoms with Crippen molar-refractivity contribution in [1.82, 2.24) is 0 Å². The summed E-state index contributed by atoms with van der Waals surface area (Å²) in [5, 5.41) is 21.5. The molecule has 0 saturated carbocycles. The van der Waals surface area contributed by atoms with Gasteiger partial charge in [-0.2, -0.15) is 5.26 Å². The SMILES string of the molecule is CC(C)(C)c1cc(C#N)cc(C(C)(C)C)c1[O]. The zero-order valence-electron chi connectivity index (χ0n) is 11.5. The normalized spacial score (nSPS) is 12.3. The summed E-state index contributed by atoms with van der Waals surface area (Å²) in [4.78, 5) is 0. The quantitative estimate of drug-likeness (QED) is 0.655. The van der Waals surface area contributed by atoms with Gasteiger partial charge in [0.05, 0.1) is 11.6 Å². The van der Waals surface area contributed by atoms with Crippen molar-refractivity contribution in [1.29, 1.82) is 5.26 Å². The van der Waals surface area contributed by atoms with E-state index in [1.54, 1.807) is 12.1 Å². The van der Waals surface area contributed by atoms with Crippen molar-refractivity contribution in [3.8, 4) is 11.8 Å². The van der Waals surface area contributed by atoms with Crippen LogP contribution in [-0.4, -0.2) is 0 Å². The van der Waals surface area contributed by atoms with Crippen molar-refractivity contribution in [2.45, 2.75) is 52.4 Å². The Hall–Kier alpha value is -1.49. The number of rotatable bonds is 0. The van der Waals surface area contributed by atoms with E-state index in [0.717, 1.165) is 11.1 Å². The molecule has 17 heavy (non-hydrogen) atoms. The average molecular weight is 230 g/mol. The summed E-state index contributed by atoms with van der Waals surface area (Å²) in [6, 6.07) is 5.58. The van der Waals surface area contributed by atoms with Crippen LogP contribution in [0.1, 0.15) is 58.2 Å². The van der Waals surface area contributed by atoms with Gasteiger partial charge in [0.25, 0.3) is 0 Å². The fourth-order valence-electron chi connectivity index (χ4n) is 1.81. The van der Waals surface area contributed by atoms with Gasteiger partial charge in [-0.15, -0.1) is 0 Å². The first-order valence-electron chi connectivity index (χ1n) is 5.83. The molecule has 0 aliphatic heterocycles. The zero-order valence-corrected chi connectivity index (χ0v) is 11.5. The van der Waals surface area contributed by atoms with E-state index in [0.29, 0.717) is 5.56 Å². The molecule has 0 heterocycles. The molecule has 1 aromatic carbocycles. The molecule has 0 bridgehead atoms. The van der Waals surface area contributed by atoms with Gasteiger partial charge in [-0.05, 0) is 23.0 Å². The van der Waals surface area contributed by atoms with Crippen molar-refractivity contribution in [3.63, 3.8) is 0 Å². The number of nitriles is 1. The summed E-state index contributed by atoms with van der Waals surface area (Å²) >= 11 is 0. The summed E-state index contributed by atoms with van der Waals surface area (Å²) in [6.45, 7) is 12.0. The highest BCUT2D eigenvalue weighted by molar-refractivity contribution is 5.52. The maximum Gasteiger partial charge on any atom is 0.186 e. The summed E-state index contributed by atoms with van der Waals surface area (Å²) in [6.07, 6.45) is 0. The van der Waals surface area contributed by atoms with Crippen molar-refractivity contribution in [3.05, 3.63) is 28.8 Å². The first-order chi connectivity index (χ1) is 7.57. The minimum atomic E-state index is -0.232. The van der Waals surface area contributed by atoms with E-state index in [1.165, 1.54) is 0 Å². The van der Waals surface area contributed by atoms with E-state index in [4.69, 9.17) is 5.26 Å². The number of hydrogen-bond donors (Lipinski definition) is 0. The maximum atomic E-state index is 12.4. The molecule has 0 saturated heterocycles. The van der Waals surface area contributed by atoms with Crippen LogP contribution in [0, 0.1) is 11.3 Å². The molecule has 0 N–H and O–H groups in total. The molecule has 1 rings (SSSR count). The molecule has 0 fully saturated rings. The lowest BCUT2D eigenvalue weighted by Gasteiger charge is -2.26. The zero-order chi connectivity index (χ0) is 13.4. The fraction of sp³-hybridized carbons (Fsp3) is 0.533. The van der Waals surface area contributed by atoms with E-state index in [2.05, 4.69) is 6.07 Å². The molecule has 91 valence electrons. The molecular weight excluding hydrogens is 210 g/mol. The monoisotopic (exact) mass is 230 g/mol.